The minimum Gasteiger partial charge on any atom is -0.380 e. The zero-order valence-electron chi connectivity index (χ0n) is 14.9. The summed E-state index contributed by atoms with van der Waals surface area (Å²) in [5.41, 5.74) is 7.24. The molecule has 2 rings (SSSR count). The molecule has 25 heavy (non-hydrogen) atoms. The van der Waals surface area contributed by atoms with E-state index in [4.69, 9.17) is 10.5 Å². The van der Waals surface area contributed by atoms with Crippen LogP contribution in [0.25, 0.3) is 0 Å². The van der Waals surface area contributed by atoms with E-state index < -0.39 is 0 Å². The van der Waals surface area contributed by atoms with E-state index in [1.165, 1.54) is 0 Å². The van der Waals surface area contributed by atoms with Crippen LogP contribution in [0.5, 0.6) is 0 Å². The Morgan fingerprint density at radius 3 is 2.52 bits per heavy atom. The molecule has 0 saturated carbocycles. The summed E-state index contributed by atoms with van der Waals surface area (Å²) < 4.78 is 5.17. The molecule has 2 amide bonds. The third kappa shape index (κ3) is 5.99. The summed E-state index contributed by atoms with van der Waals surface area (Å²) in [4.78, 5) is 26.4. The summed E-state index contributed by atoms with van der Waals surface area (Å²) >= 11 is 0. The van der Waals surface area contributed by atoms with E-state index in [-0.39, 0.29) is 36.4 Å². The van der Waals surface area contributed by atoms with Crippen LogP contribution in [0.4, 0.5) is 0 Å². The fraction of sp³-hybridized carbons (Fsp3) is 0.556. The molecule has 1 heterocycles. The molecule has 1 aromatic rings. The van der Waals surface area contributed by atoms with Gasteiger partial charge in [0.25, 0.3) is 5.91 Å². The van der Waals surface area contributed by atoms with Gasteiger partial charge in [0.05, 0.1) is 12.5 Å². The largest absolute Gasteiger partial charge is 0.380 e. The minimum atomic E-state index is -0.226. The van der Waals surface area contributed by atoms with E-state index in [1.54, 1.807) is 7.11 Å². The van der Waals surface area contributed by atoms with Crippen molar-refractivity contribution >= 4 is 24.2 Å². The molecule has 1 fully saturated rings. The van der Waals surface area contributed by atoms with Gasteiger partial charge in [0.1, 0.15) is 0 Å². The lowest BCUT2D eigenvalue weighted by molar-refractivity contribution is -0.134. The van der Waals surface area contributed by atoms with E-state index in [9.17, 15) is 9.59 Å². The monoisotopic (exact) mass is 369 g/mol. The van der Waals surface area contributed by atoms with Crippen LogP contribution in [0.2, 0.25) is 0 Å². The van der Waals surface area contributed by atoms with Gasteiger partial charge in [-0.2, -0.15) is 0 Å². The molecule has 0 aromatic heterocycles. The average Bonchev–Trinajstić information content (AvgIpc) is 2.60. The Bertz CT molecular complexity index is 570. The molecule has 1 aliphatic rings. The van der Waals surface area contributed by atoms with Crippen molar-refractivity contribution in [2.24, 2.45) is 5.73 Å². The second kappa shape index (κ2) is 10.4. The van der Waals surface area contributed by atoms with Crippen LogP contribution in [0.15, 0.2) is 24.3 Å². The van der Waals surface area contributed by atoms with Crippen LogP contribution in [0.1, 0.15) is 35.2 Å². The summed E-state index contributed by atoms with van der Waals surface area (Å²) in [6.07, 6.45) is 1.62. The number of aryl methyl sites for hydroxylation is 1. The first kappa shape index (κ1) is 21.4. The highest BCUT2D eigenvalue weighted by atomic mass is 35.5. The van der Waals surface area contributed by atoms with Crippen molar-refractivity contribution in [2.45, 2.75) is 38.3 Å². The number of amides is 2. The van der Waals surface area contributed by atoms with Crippen molar-refractivity contribution in [3.05, 3.63) is 35.4 Å². The topological polar surface area (TPSA) is 84.7 Å². The van der Waals surface area contributed by atoms with Crippen molar-refractivity contribution in [2.75, 3.05) is 26.7 Å². The molecule has 140 valence electrons. The van der Waals surface area contributed by atoms with E-state index in [0.717, 1.165) is 18.4 Å². The summed E-state index contributed by atoms with van der Waals surface area (Å²) in [7, 11) is 1.57. The Hall–Kier alpha value is -1.63. The number of hydrogen-bond acceptors (Lipinski definition) is 4. The molecule has 6 nitrogen and oxygen atoms in total. The van der Waals surface area contributed by atoms with Crippen LogP contribution < -0.4 is 11.1 Å². The number of ether oxygens (including phenoxy) is 1. The minimum absolute atomic E-state index is 0. The van der Waals surface area contributed by atoms with Gasteiger partial charge >= 0.3 is 0 Å². The summed E-state index contributed by atoms with van der Waals surface area (Å²) in [6, 6.07) is 7.66. The number of nitrogens with zero attached hydrogens (tertiary/aromatic N) is 1. The third-order valence-corrected chi connectivity index (χ3v) is 4.57. The average molecular weight is 370 g/mol. The van der Waals surface area contributed by atoms with Crippen molar-refractivity contribution < 1.29 is 14.3 Å². The zero-order chi connectivity index (χ0) is 17.5. The fourth-order valence-electron chi connectivity index (χ4n) is 2.95. The molecule has 1 saturated heterocycles. The molecular weight excluding hydrogens is 342 g/mol. The number of benzene rings is 1. The smallest absolute Gasteiger partial charge is 0.251 e. The molecule has 0 radical (unpaired) electrons. The lowest BCUT2D eigenvalue weighted by atomic mass is 10.0. The highest BCUT2D eigenvalue weighted by Gasteiger charge is 2.25. The first-order chi connectivity index (χ1) is 11.5. The maximum atomic E-state index is 12.4. The summed E-state index contributed by atoms with van der Waals surface area (Å²) in [6.45, 7) is 3.57. The summed E-state index contributed by atoms with van der Waals surface area (Å²) in [5, 5.41) is 3.08. The number of carbonyl (C=O) groups is 2. The zero-order valence-corrected chi connectivity index (χ0v) is 15.7. The van der Waals surface area contributed by atoms with Gasteiger partial charge in [-0.3, -0.25) is 9.59 Å². The maximum Gasteiger partial charge on any atom is 0.251 e. The number of nitrogens with one attached hydrogen (secondary N) is 1. The highest BCUT2D eigenvalue weighted by Crippen LogP contribution is 2.14. The molecule has 0 bridgehead atoms. The van der Waals surface area contributed by atoms with E-state index in [2.05, 4.69) is 5.32 Å². The van der Waals surface area contributed by atoms with Crippen LogP contribution in [0.3, 0.4) is 0 Å². The fourth-order valence-corrected chi connectivity index (χ4v) is 2.95. The second-order valence-electron chi connectivity index (χ2n) is 6.24. The Kier molecular flexibility index (Phi) is 8.89. The molecule has 1 unspecified atom stereocenters. The van der Waals surface area contributed by atoms with Crippen LogP contribution in [-0.2, 0) is 9.53 Å². The number of piperidine rings is 1. The van der Waals surface area contributed by atoms with Gasteiger partial charge in [0, 0.05) is 38.3 Å². The van der Waals surface area contributed by atoms with E-state index in [0.29, 0.717) is 31.6 Å². The maximum absolute atomic E-state index is 12.4. The SMILES string of the molecule is COC(CN)CC(=O)N1CCC(NC(=O)c2ccccc2C)CC1.Cl. The predicted octanol–water partition coefficient (Wildman–Crippen LogP) is 1.50. The van der Waals surface area contributed by atoms with Crippen LogP contribution >= 0.6 is 12.4 Å². The third-order valence-electron chi connectivity index (χ3n) is 4.57. The molecule has 1 aromatic carbocycles. The van der Waals surface area contributed by atoms with Gasteiger partial charge in [0.15, 0.2) is 0 Å². The Morgan fingerprint density at radius 1 is 1.32 bits per heavy atom. The van der Waals surface area contributed by atoms with Crippen molar-refractivity contribution in [3.8, 4) is 0 Å². The normalized spacial score (nSPS) is 16.0. The van der Waals surface area contributed by atoms with E-state index >= 15 is 0 Å². The standard InChI is InChI=1S/C18H27N3O3.ClH/c1-13-5-3-4-6-16(13)18(23)20-14-7-9-21(10-8-14)17(22)11-15(12-19)24-2;/h3-6,14-15H,7-12,19H2,1-2H3,(H,20,23);1H. The Balaban J connectivity index is 0.00000312. The second-order valence-corrected chi connectivity index (χ2v) is 6.24. The van der Waals surface area contributed by atoms with Crippen molar-refractivity contribution in [1.82, 2.24) is 10.2 Å². The molecule has 1 aliphatic heterocycles. The molecule has 0 spiro atoms. The molecular formula is C18H28ClN3O3. The number of hydrogen-bond donors (Lipinski definition) is 2. The molecule has 0 aliphatic carbocycles. The quantitative estimate of drug-likeness (QED) is 0.795. The van der Waals surface area contributed by atoms with Gasteiger partial charge in [-0.05, 0) is 31.4 Å². The number of rotatable bonds is 6. The predicted molar refractivity (Wildman–Crippen MR) is 100.0 cm³/mol. The number of methoxy groups -OCH3 is 1. The number of halogens is 1. The number of nitrogens with two attached hydrogens (primary N) is 1. The van der Waals surface area contributed by atoms with Gasteiger partial charge in [-0.15, -0.1) is 12.4 Å². The molecule has 1 atom stereocenters. The van der Waals surface area contributed by atoms with Crippen molar-refractivity contribution in [1.29, 1.82) is 0 Å². The number of carbonyl (C=O) groups excluding carboxylic acids is 2. The van der Waals surface area contributed by atoms with Gasteiger partial charge in [-0.1, -0.05) is 18.2 Å². The van der Waals surface area contributed by atoms with Crippen LogP contribution in [0, 0.1) is 6.92 Å². The molecule has 3 N–H and O–H groups in total. The Labute approximate surface area is 155 Å². The summed E-state index contributed by atoms with van der Waals surface area (Å²) in [5.74, 6) is 0.0245. The van der Waals surface area contributed by atoms with Gasteiger partial charge < -0.3 is 20.7 Å². The molecule has 7 heteroatoms. The van der Waals surface area contributed by atoms with Crippen molar-refractivity contribution in [3.63, 3.8) is 0 Å². The lowest BCUT2D eigenvalue weighted by Gasteiger charge is -2.33. The number of likely N-dealkylation sites (tertiary alicyclic amines) is 1. The van der Waals surface area contributed by atoms with E-state index in [1.807, 2.05) is 36.1 Å². The Morgan fingerprint density at radius 2 is 1.96 bits per heavy atom. The van der Waals surface area contributed by atoms with Crippen LogP contribution in [-0.4, -0.2) is 55.6 Å². The lowest BCUT2D eigenvalue weighted by Crippen LogP contribution is -2.47. The first-order valence-corrected chi connectivity index (χ1v) is 8.42. The van der Waals surface area contributed by atoms with Gasteiger partial charge in [0.2, 0.25) is 5.91 Å². The van der Waals surface area contributed by atoms with Gasteiger partial charge in [-0.25, -0.2) is 0 Å². The highest BCUT2D eigenvalue weighted by molar-refractivity contribution is 5.95. The first-order valence-electron chi connectivity index (χ1n) is 8.42.